The van der Waals surface area contributed by atoms with E-state index in [1.54, 1.807) is 0 Å². The maximum atomic E-state index is 11.3. The van der Waals surface area contributed by atoms with Gasteiger partial charge in [-0.25, -0.2) is 0 Å². The van der Waals surface area contributed by atoms with Crippen molar-refractivity contribution in [2.24, 2.45) is 11.8 Å². The molecule has 1 N–H and O–H groups in total. The molecule has 84 valence electrons. The Hall–Kier alpha value is -0.830. The van der Waals surface area contributed by atoms with Gasteiger partial charge in [0.25, 0.3) is 0 Å². The summed E-state index contributed by atoms with van der Waals surface area (Å²) in [5.74, 6) is -0.355. The maximum absolute atomic E-state index is 11.3. The van der Waals surface area contributed by atoms with Crippen molar-refractivity contribution in [3.05, 3.63) is 34.3 Å². The van der Waals surface area contributed by atoms with Gasteiger partial charge in [-0.05, 0) is 42.9 Å². The first kappa shape index (κ1) is 10.3. The number of aliphatic carboxylic acids is 1. The fourth-order valence-corrected chi connectivity index (χ4v) is 4.05. The molecule has 0 aliphatic heterocycles. The van der Waals surface area contributed by atoms with Crippen molar-refractivity contribution >= 4 is 21.9 Å². The molecule has 3 aliphatic rings. The van der Waals surface area contributed by atoms with Crippen LogP contribution in [0.5, 0.6) is 0 Å². The molecule has 16 heavy (non-hydrogen) atoms. The highest BCUT2D eigenvalue weighted by molar-refractivity contribution is 9.10. The Kier molecular flexibility index (Phi) is 2.15. The second-order valence-corrected chi connectivity index (χ2v) is 5.90. The Morgan fingerprint density at radius 1 is 1.50 bits per heavy atom. The van der Waals surface area contributed by atoms with Crippen LogP contribution in [0.2, 0.25) is 0 Å². The van der Waals surface area contributed by atoms with Crippen LogP contribution in [0.15, 0.2) is 28.7 Å². The molecule has 0 radical (unpaired) electrons. The molecule has 2 nitrogen and oxygen atoms in total. The largest absolute Gasteiger partial charge is 0.481 e. The van der Waals surface area contributed by atoms with Crippen LogP contribution in [0.4, 0.5) is 0 Å². The molecular formula is C13H13BrO2. The van der Waals surface area contributed by atoms with Gasteiger partial charge in [0.2, 0.25) is 0 Å². The zero-order chi connectivity index (χ0) is 11.3. The summed E-state index contributed by atoms with van der Waals surface area (Å²) in [6.45, 7) is 0. The van der Waals surface area contributed by atoms with Crippen molar-refractivity contribution in [2.75, 3.05) is 0 Å². The molecule has 0 saturated heterocycles. The lowest BCUT2D eigenvalue weighted by molar-refractivity contribution is -0.150. The summed E-state index contributed by atoms with van der Waals surface area (Å²) in [6, 6.07) is 8.14. The van der Waals surface area contributed by atoms with Gasteiger partial charge in [-0.15, -0.1) is 0 Å². The van der Waals surface area contributed by atoms with Gasteiger partial charge in [0.1, 0.15) is 0 Å². The normalized spacial score (nSPS) is 35.8. The molecule has 0 unspecified atom stereocenters. The topological polar surface area (TPSA) is 37.3 Å². The summed E-state index contributed by atoms with van der Waals surface area (Å²) in [4.78, 5) is 11.3. The van der Waals surface area contributed by atoms with Crippen LogP contribution in [0, 0.1) is 11.8 Å². The number of carbonyl (C=O) groups is 1. The number of carboxylic acids is 1. The first-order valence-corrected chi connectivity index (χ1v) is 6.42. The van der Waals surface area contributed by atoms with Gasteiger partial charge >= 0.3 is 5.97 Å². The highest BCUT2D eigenvalue weighted by atomic mass is 79.9. The Morgan fingerprint density at radius 3 is 2.94 bits per heavy atom. The maximum Gasteiger partial charge on any atom is 0.307 e. The second kappa shape index (κ2) is 3.33. The Morgan fingerprint density at radius 2 is 2.31 bits per heavy atom. The smallest absolute Gasteiger partial charge is 0.307 e. The molecule has 1 aromatic carbocycles. The van der Waals surface area contributed by atoms with Crippen LogP contribution in [0.3, 0.4) is 0 Å². The lowest BCUT2D eigenvalue weighted by atomic mass is 9.57. The van der Waals surface area contributed by atoms with Gasteiger partial charge in [0, 0.05) is 9.89 Å². The van der Waals surface area contributed by atoms with Crippen molar-refractivity contribution in [3.63, 3.8) is 0 Å². The van der Waals surface area contributed by atoms with Crippen molar-refractivity contribution in [1.29, 1.82) is 0 Å². The SMILES string of the molecule is O=C(O)[C@H]1[C@H]2CC[C@@]1(c1cccc(Br)c1)C2. The Labute approximate surface area is 103 Å². The molecule has 4 rings (SSSR count). The minimum Gasteiger partial charge on any atom is -0.481 e. The van der Waals surface area contributed by atoms with E-state index in [9.17, 15) is 9.90 Å². The van der Waals surface area contributed by atoms with Crippen LogP contribution < -0.4 is 0 Å². The predicted molar refractivity (Wildman–Crippen MR) is 64.3 cm³/mol. The fourth-order valence-electron chi connectivity index (χ4n) is 3.65. The van der Waals surface area contributed by atoms with Gasteiger partial charge in [0.15, 0.2) is 0 Å². The van der Waals surface area contributed by atoms with Crippen LogP contribution in [-0.4, -0.2) is 11.1 Å². The van der Waals surface area contributed by atoms with E-state index in [4.69, 9.17) is 0 Å². The lowest BCUT2D eigenvalue weighted by Crippen LogP contribution is -2.48. The molecule has 3 aliphatic carbocycles. The standard InChI is InChI=1S/C13H13BrO2/c14-10-3-1-2-9(6-10)13-5-4-8(7-13)11(13)12(15)16/h1-3,6,8,11H,4-5,7H2,(H,15,16)/t8-,11+,13-/m0/s1. The minimum absolute atomic E-state index is 0.0692. The number of rotatable bonds is 2. The van der Waals surface area contributed by atoms with Gasteiger partial charge in [0.05, 0.1) is 5.92 Å². The number of hydrogen-bond acceptors (Lipinski definition) is 1. The monoisotopic (exact) mass is 280 g/mol. The average molecular weight is 281 g/mol. The van der Waals surface area contributed by atoms with Crippen molar-refractivity contribution in [1.82, 2.24) is 0 Å². The average Bonchev–Trinajstić information content (AvgIpc) is 2.74. The van der Waals surface area contributed by atoms with Crippen LogP contribution in [0.25, 0.3) is 0 Å². The highest BCUT2D eigenvalue weighted by Crippen LogP contribution is 2.64. The van der Waals surface area contributed by atoms with E-state index < -0.39 is 5.97 Å². The zero-order valence-corrected chi connectivity index (χ0v) is 10.4. The minimum atomic E-state index is -0.617. The number of hydrogen-bond donors (Lipinski definition) is 1. The van der Waals surface area contributed by atoms with Gasteiger partial charge < -0.3 is 5.11 Å². The third-order valence-corrected chi connectivity index (χ3v) is 4.81. The van der Waals surface area contributed by atoms with Crippen LogP contribution >= 0.6 is 15.9 Å². The number of fused-ring (bicyclic) bond motifs is 1. The molecule has 3 saturated carbocycles. The van der Waals surface area contributed by atoms with Crippen LogP contribution in [0.1, 0.15) is 24.8 Å². The van der Waals surface area contributed by atoms with Gasteiger partial charge in [-0.1, -0.05) is 28.1 Å². The van der Waals surface area contributed by atoms with Crippen LogP contribution in [-0.2, 0) is 10.2 Å². The third kappa shape index (κ3) is 1.21. The van der Waals surface area contributed by atoms with E-state index in [2.05, 4.69) is 28.1 Å². The van der Waals surface area contributed by atoms with Crippen molar-refractivity contribution in [3.8, 4) is 0 Å². The van der Waals surface area contributed by atoms with E-state index >= 15 is 0 Å². The molecule has 0 amide bonds. The quantitative estimate of drug-likeness (QED) is 0.903. The number of benzene rings is 1. The summed E-state index contributed by atoms with van der Waals surface area (Å²) in [5.41, 5.74) is 1.13. The van der Waals surface area contributed by atoms with Gasteiger partial charge in [-0.3, -0.25) is 4.79 Å². The predicted octanol–water partition coefficient (Wildman–Crippen LogP) is 3.20. The van der Waals surface area contributed by atoms with Crippen molar-refractivity contribution in [2.45, 2.75) is 24.7 Å². The molecule has 0 heterocycles. The van der Waals surface area contributed by atoms with E-state index in [1.165, 1.54) is 5.56 Å². The molecule has 3 atom stereocenters. The first-order valence-electron chi connectivity index (χ1n) is 5.62. The highest BCUT2D eigenvalue weighted by Gasteiger charge is 2.62. The number of carboxylic acid groups (broad SMARTS) is 1. The van der Waals surface area contributed by atoms with E-state index in [0.717, 1.165) is 23.7 Å². The molecule has 2 bridgehead atoms. The third-order valence-electron chi connectivity index (χ3n) is 4.32. The summed E-state index contributed by atoms with van der Waals surface area (Å²) < 4.78 is 1.04. The first-order chi connectivity index (χ1) is 7.63. The summed E-state index contributed by atoms with van der Waals surface area (Å²) in [6.07, 6.45) is 3.16. The molecule has 0 spiro atoms. The fraction of sp³-hybridized carbons (Fsp3) is 0.462. The molecule has 3 heteroatoms. The summed E-state index contributed by atoms with van der Waals surface area (Å²) >= 11 is 3.46. The molecule has 0 aromatic heterocycles. The van der Waals surface area contributed by atoms with Crippen molar-refractivity contribution < 1.29 is 9.90 Å². The second-order valence-electron chi connectivity index (χ2n) is 4.99. The Balaban J connectivity index is 2.03. The van der Waals surface area contributed by atoms with E-state index in [0.29, 0.717) is 5.92 Å². The summed E-state index contributed by atoms with van der Waals surface area (Å²) in [5, 5.41) is 9.30. The van der Waals surface area contributed by atoms with E-state index in [1.807, 2.05) is 12.1 Å². The number of halogens is 1. The lowest BCUT2D eigenvalue weighted by Gasteiger charge is -2.45. The zero-order valence-electron chi connectivity index (χ0n) is 8.82. The molecule has 1 aromatic rings. The summed E-state index contributed by atoms with van der Waals surface area (Å²) in [7, 11) is 0. The Bertz CT molecular complexity index is 453. The van der Waals surface area contributed by atoms with Gasteiger partial charge in [-0.2, -0.15) is 0 Å². The molecular weight excluding hydrogens is 268 g/mol. The van der Waals surface area contributed by atoms with E-state index in [-0.39, 0.29) is 11.3 Å². The molecule has 3 fully saturated rings.